The predicted octanol–water partition coefficient (Wildman–Crippen LogP) is 3.37. The average Bonchev–Trinajstić information content (AvgIpc) is 2.08. The van der Waals surface area contributed by atoms with E-state index in [0.717, 1.165) is 10.0 Å². The molecule has 0 fully saturated rings. The lowest BCUT2D eigenvalue weighted by Gasteiger charge is -2.07. The summed E-state index contributed by atoms with van der Waals surface area (Å²) < 4.78 is 1.09. The second-order valence-electron chi connectivity index (χ2n) is 2.77. The lowest BCUT2D eigenvalue weighted by molar-refractivity contribution is 0.912. The third kappa shape index (κ3) is 3.14. The molecule has 0 aliphatic carbocycles. The number of halogens is 2. The van der Waals surface area contributed by atoms with Crippen LogP contribution in [0.2, 0.25) is 0 Å². The molecule has 1 rings (SSSR count). The highest BCUT2D eigenvalue weighted by Gasteiger charge is 2.02. The van der Waals surface area contributed by atoms with Crippen LogP contribution in [0.5, 0.6) is 0 Å². The molecule has 0 aromatic heterocycles. The van der Waals surface area contributed by atoms with Gasteiger partial charge in [-0.05, 0) is 24.1 Å². The maximum Gasteiger partial charge on any atom is 0.0478 e. The van der Waals surface area contributed by atoms with E-state index >= 15 is 0 Å². The second kappa shape index (κ2) is 5.43. The van der Waals surface area contributed by atoms with E-state index in [9.17, 15) is 0 Å². The summed E-state index contributed by atoms with van der Waals surface area (Å²) in [6.45, 7) is 5.70. The Morgan fingerprint density at radius 2 is 2.15 bits per heavy atom. The van der Waals surface area contributed by atoms with E-state index in [2.05, 4.69) is 22.5 Å². The summed E-state index contributed by atoms with van der Waals surface area (Å²) in [7, 11) is 0. The minimum Gasteiger partial charge on any atom is -0.321 e. The fraction of sp³-hybridized carbons (Fsp3) is 0.200. The number of aryl methyl sites for hydroxylation is 1. The third-order valence-corrected chi connectivity index (χ3v) is 2.69. The topological polar surface area (TPSA) is 26.0 Å². The molecular weight excluding hydrogens is 249 g/mol. The molecule has 1 aromatic carbocycles. The highest BCUT2D eigenvalue weighted by molar-refractivity contribution is 9.10. The summed E-state index contributed by atoms with van der Waals surface area (Å²) in [6, 6.07) is 6.03. The van der Waals surface area contributed by atoms with Gasteiger partial charge in [-0.1, -0.05) is 34.1 Å². The monoisotopic (exact) mass is 261 g/mol. The van der Waals surface area contributed by atoms with Crippen molar-refractivity contribution >= 4 is 28.3 Å². The molecule has 0 amide bonds. The van der Waals surface area contributed by atoms with Gasteiger partial charge in [-0.3, -0.25) is 0 Å². The summed E-state index contributed by atoms with van der Waals surface area (Å²) in [4.78, 5) is 0. The molecule has 0 aliphatic heterocycles. The minimum absolute atomic E-state index is 0. The van der Waals surface area contributed by atoms with E-state index in [1.165, 1.54) is 5.56 Å². The van der Waals surface area contributed by atoms with E-state index in [4.69, 9.17) is 5.73 Å². The standard InChI is InChI=1S/C10H12BrN.ClH/c1-3-10(12)8-5-4-7(2)9(11)6-8;/h3-6,10H,1,12H2,2H3;1H/t10-;/m0./s1. The fourth-order valence-electron chi connectivity index (χ4n) is 0.953. The number of hydrogen-bond donors (Lipinski definition) is 1. The van der Waals surface area contributed by atoms with Crippen molar-refractivity contribution in [1.82, 2.24) is 0 Å². The molecule has 0 radical (unpaired) electrons. The number of nitrogens with two attached hydrogens (primary N) is 1. The smallest absolute Gasteiger partial charge is 0.0478 e. The van der Waals surface area contributed by atoms with Gasteiger partial charge in [0.25, 0.3) is 0 Å². The zero-order valence-electron chi connectivity index (χ0n) is 7.46. The molecule has 0 saturated carbocycles. The molecule has 0 unspecified atom stereocenters. The van der Waals surface area contributed by atoms with Crippen LogP contribution in [0.25, 0.3) is 0 Å². The van der Waals surface area contributed by atoms with Crippen LogP contribution in [0.15, 0.2) is 35.3 Å². The minimum atomic E-state index is -0.0677. The van der Waals surface area contributed by atoms with Gasteiger partial charge in [0.15, 0.2) is 0 Å². The Balaban J connectivity index is 0.00000144. The van der Waals surface area contributed by atoms with E-state index in [1.807, 2.05) is 25.1 Å². The first-order chi connectivity index (χ1) is 5.65. The van der Waals surface area contributed by atoms with Crippen molar-refractivity contribution in [2.24, 2.45) is 5.73 Å². The van der Waals surface area contributed by atoms with Crippen LogP contribution in [0.4, 0.5) is 0 Å². The van der Waals surface area contributed by atoms with Crippen molar-refractivity contribution in [3.63, 3.8) is 0 Å². The number of benzene rings is 1. The highest BCUT2D eigenvalue weighted by atomic mass is 79.9. The van der Waals surface area contributed by atoms with Crippen molar-refractivity contribution in [1.29, 1.82) is 0 Å². The van der Waals surface area contributed by atoms with Crippen LogP contribution >= 0.6 is 28.3 Å². The first-order valence-electron chi connectivity index (χ1n) is 3.79. The normalized spacial score (nSPS) is 11.6. The second-order valence-corrected chi connectivity index (χ2v) is 3.62. The van der Waals surface area contributed by atoms with Gasteiger partial charge in [-0.2, -0.15) is 0 Å². The summed E-state index contributed by atoms with van der Waals surface area (Å²) in [5.41, 5.74) is 8.08. The van der Waals surface area contributed by atoms with Crippen molar-refractivity contribution in [3.8, 4) is 0 Å². The van der Waals surface area contributed by atoms with Crippen molar-refractivity contribution < 1.29 is 0 Å². The molecule has 0 spiro atoms. The number of rotatable bonds is 2. The first kappa shape index (κ1) is 12.7. The maximum atomic E-state index is 5.77. The Kier molecular flexibility index (Phi) is 5.30. The summed E-state index contributed by atoms with van der Waals surface area (Å²) in [5.74, 6) is 0. The largest absolute Gasteiger partial charge is 0.321 e. The lowest BCUT2D eigenvalue weighted by atomic mass is 10.1. The van der Waals surface area contributed by atoms with Crippen LogP contribution < -0.4 is 5.73 Å². The Hall–Kier alpha value is -0.310. The van der Waals surface area contributed by atoms with Crippen molar-refractivity contribution in [2.45, 2.75) is 13.0 Å². The van der Waals surface area contributed by atoms with Crippen LogP contribution in [-0.4, -0.2) is 0 Å². The van der Waals surface area contributed by atoms with Crippen LogP contribution in [-0.2, 0) is 0 Å². The zero-order chi connectivity index (χ0) is 9.14. The molecule has 3 heteroatoms. The molecule has 0 bridgehead atoms. The molecule has 0 heterocycles. The maximum absolute atomic E-state index is 5.77. The Bertz CT molecular complexity index is 299. The van der Waals surface area contributed by atoms with Crippen LogP contribution in [0.3, 0.4) is 0 Å². The molecule has 1 aromatic rings. The van der Waals surface area contributed by atoms with Crippen molar-refractivity contribution in [2.75, 3.05) is 0 Å². The molecule has 1 atom stereocenters. The third-order valence-electron chi connectivity index (χ3n) is 1.83. The molecule has 2 N–H and O–H groups in total. The molecular formula is C10H13BrClN. The van der Waals surface area contributed by atoms with Gasteiger partial charge in [-0.25, -0.2) is 0 Å². The first-order valence-corrected chi connectivity index (χ1v) is 4.58. The number of hydrogen-bond acceptors (Lipinski definition) is 1. The van der Waals surface area contributed by atoms with Gasteiger partial charge in [0.1, 0.15) is 0 Å². The van der Waals surface area contributed by atoms with Crippen LogP contribution in [0.1, 0.15) is 17.2 Å². The van der Waals surface area contributed by atoms with Gasteiger partial charge in [0, 0.05) is 10.5 Å². The van der Waals surface area contributed by atoms with Gasteiger partial charge in [0.05, 0.1) is 0 Å². The van der Waals surface area contributed by atoms with Gasteiger partial charge >= 0.3 is 0 Å². The summed E-state index contributed by atoms with van der Waals surface area (Å²) in [6.07, 6.45) is 1.73. The predicted molar refractivity (Wildman–Crippen MR) is 63.3 cm³/mol. The summed E-state index contributed by atoms with van der Waals surface area (Å²) in [5, 5.41) is 0. The van der Waals surface area contributed by atoms with Crippen molar-refractivity contribution in [3.05, 3.63) is 46.5 Å². The zero-order valence-corrected chi connectivity index (χ0v) is 9.86. The molecule has 13 heavy (non-hydrogen) atoms. The molecule has 0 saturated heterocycles. The fourth-order valence-corrected chi connectivity index (χ4v) is 1.35. The summed E-state index contributed by atoms with van der Waals surface area (Å²) >= 11 is 3.45. The molecule has 72 valence electrons. The van der Waals surface area contributed by atoms with E-state index in [0.29, 0.717) is 0 Å². The van der Waals surface area contributed by atoms with E-state index < -0.39 is 0 Å². The lowest BCUT2D eigenvalue weighted by Crippen LogP contribution is -2.06. The Labute approximate surface area is 93.6 Å². The Morgan fingerprint density at radius 1 is 1.54 bits per heavy atom. The van der Waals surface area contributed by atoms with Gasteiger partial charge in [0.2, 0.25) is 0 Å². The van der Waals surface area contributed by atoms with Crippen LogP contribution in [0, 0.1) is 6.92 Å². The van der Waals surface area contributed by atoms with E-state index in [1.54, 1.807) is 6.08 Å². The molecule has 0 aliphatic rings. The Morgan fingerprint density at radius 3 is 2.62 bits per heavy atom. The quantitative estimate of drug-likeness (QED) is 0.813. The van der Waals surface area contributed by atoms with Gasteiger partial charge < -0.3 is 5.73 Å². The molecule has 1 nitrogen and oxygen atoms in total. The van der Waals surface area contributed by atoms with E-state index in [-0.39, 0.29) is 18.4 Å². The highest BCUT2D eigenvalue weighted by Crippen LogP contribution is 2.20. The average molecular weight is 263 g/mol. The van der Waals surface area contributed by atoms with Gasteiger partial charge in [-0.15, -0.1) is 19.0 Å². The SMILES string of the molecule is C=C[C@H](N)c1ccc(C)c(Br)c1.Cl.